The minimum Gasteiger partial charge on any atom is -0.386 e. The second kappa shape index (κ2) is 5.65. The maximum atomic E-state index is 11.7. The Labute approximate surface area is 99.2 Å². The molecule has 1 N–H and O–H groups in total. The van der Waals surface area contributed by atoms with E-state index in [4.69, 9.17) is 0 Å². The van der Waals surface area contributed by atoms with Gasteiger partial charge >= 0.3 is 6.18 Å². The summed E-state index contributed by atoms with van der Waals surface area (Å²) in [6, 6.07) is 6.63. The summed E-state index contributed by atoms with van der Waals surface area (Å²) < 4.78 is 40.4. The molecule has 0 saturated heterocycles. The number of aliphatic hydroxyl groups is 1. The SMILES string of the molecule is OC(COCC(F)(F)F)c1ccc(Br)cc1. The summed E-state index contributed by atoms with van der Waals surface area (Å²) in [5, 5.41) is 9.50. The lowest BCUT2D eigenvalue weighted by Gasteiger charge is -2.12. The van der Waals surface area contributed by atoms with Crippen molar-refractivity contribution >= 4 is 15.9 Å². The first-order chi connectivity index (χ1) is 7.38. The molecule has 6 heteroatoms. The van der Waals surface area contributed by atoms with Gasteiger partial charge in [-0.25, -0.2) is 0 Å². The molecule has 1 aromatic carbocycles. The molecule has 0 radical (unpaired) electrons. The standard InChI is InChI=1S/C10H10BrF3O2/c11-8-3-1-7(2-4-8)9(15)5-16-6-10(12,13)14/h1-4,9,15H,5-6H2. The van der Waals surface area contributed by atoms with Crippen molar-refractivity contribution in [2.75, 3.05) is 13.2 Å². The van der Waals surface area contributed by atoms with Crippen LogP contribution in [0.25, 0.3) is 0 Å². The van der Waals surface area contributed by atoms with Gasteiger partial charge in [-0.05, 0) is 17.7 Å². The van der Waals surface area contributed by atoms with Crippen LogP contribution in [0.15, 0.2) is 28.7 Å². The Morgan fingerprint density at radius 2 is 1.81 bits per heavy atom. The second-order valence-corrected chi connectivity index (χ2v) is 4.11. The molecule has 0 fully saturated rings. The van der Waals surface area contributed by atoms with Crippen molar-refractivity contribution in [2.45, 2.75) is 12.3 Å². The predicted octanol–water partition coefficient (Wildman–Crippen LogP) is 3.06. The lowest BCUT2D eigenvalue weighted by Crippen LogP contribution is -2.19. The van der Waals surface area contributed by atoms with Gasteiger partial charge in [-0.15, -0.1) is 0 Å². The molecule has 1 atom stereocenters. The van der Waals surface area contributed by atoms with Gasteiger partial charge < -0.3 is 9.84 Å². The average Bonchev–Trinajstić information content (AvgIpc) is 2.16. The van der Waals surface area contributed by atoms with Gasteiger partial charge in [0.1, 0.15) is 12.7 Å². The van der Waals surface area contributed by atoms with Crippen LogP contribution in [0.4, 0.5) is 13.2 Å². The molecule has 16 heavy (non-hydrogen) atoms. The Morgan fingerprint density at radius 1 is 1.25 bits per heavy atom. The maximum absolute atomic E-state index is 11.7. The van der Waals surface area contributed by atoms with Crippen molar-refractivity contribution in [3.8, 4) is 0 Å². The molecule has 0 aliphatic carbocycles. The van der Waals surface area contributed by atoms with E-state index in [2.05, 4.69) is 20.7 Å². The molecule has 1 unspecified atom stereocenters. The van der Waals surface area contributed by atoms with Gasteiger partial charge in [0.15, 0.2) is 0 Å². The Bertz CT molecular complexity index is 324. The Hall–Kier alpha value is -0.590. The average molecular weight is 299 g/mol. The quantitative estimate of drug-likeness (QED) is 0.926. The van der Waals surface area contributed by atoms with Gasteiger partial charge in [0.2, 0.25) is 0 Å². The molecule has 0 spiro atoms. The van der Waals surface area contributed by atoms with E-state index in [1.807, 2.05) is 0 Å². The fourth-order valence-electron chi connectivity index (χ4n) is 1.07. The summed E-state index contributed by atoms with van der Waals surface area (Å²) in [5.74, 6) is 0. The van der Waals surface area contributed by atoms with E-state index in [1.165, 1.54) is 0 Å². The van der Waals surface area contributed by atoms with E-state index in [-0.39, 0.29) is 6.61 Å². The minimum atomic E-state index is -4.36. The van der Waals surface area contributed by atoms with Crippen LogP contribution < -0.4 is 0 Å². The van der Waals surface area contributed by atoms with Crippen LogP contribution in [-0.4, -0.2) is 24.5 Å². The second-order valence-electron chi connectivity index (χ2n) is 3.20. The molecule has 0 aliphatic heterocycles. The number of hydrogen-bond acceptors (Lipinski definition) is 2. The molecule has 0 bridgehead atoms. The summed E-state index contributed by atoms with van der Waals surface area (Å²) >= 11 is 3.21. The van der Waals surface area contributed by atoms with Crippen molar-refractivity contribution in [3.05, 3.63) is 34.3 Å². The molecule has 90 valence electrons. The third kappa shape index (κ3) is 4.96. The summed E-state index contributed by atoms with van der Waals surface area (Å²) in [7, 11) is 0. The van der Waals surface area contributed by atoms with Crippen molar-refractivity contribution in [1.82, 2.24) is 0 Å². The number of benzene rings is 1. The van der Waals surface area contributed by atoms with E-state index >= 15 is 0 Å². The third-order valence-electron chi connectivity index (χ3n) is 1.80. The zero-order valence-electron chi connectivity index (χ0n) is 8.17. The lowest BCUT2D eigenvalue weighted by molar-refractivity contribution is -0.179. The highest BCUT2D eigenvalue weighted by molar-refractivity contribution is 9.10. The van der Waals surface area contributed by atoms with Crippen LogP contribution in [0.5, 0.6) is 0 Å². The van der Waals surface area contributed by atoms with E-state index in [1.54, 1.807) is 24.3 Å². The number of ether oxygens (including phenoxy) is 1. The number of aliphatic hydroxyl groups excluding tert-OH is 1. The fourth-order valence-corrected chi connectivity index (χ4v) is 1.33. The Balaban J connectivity index is 2.41. The monoisotopic (exact) mass is 298 g/mol. The van der Waals surface area contributed by atoms with Crippen LogP contribution >= 0.6 is 15.9 Å². The van der Waals surface area contributed by atoms with Gasteiger partial charge in [0.25, 0.3) is 0 Å². The number of alkyl halides is 3. The molecule has 0 aliphatic rings. The Morgan fingerprint density at radius 3 is 2.31 bits per heavy atom. The van der Waals surface area contributed by atoms with Gasteiger partial charge in [-0.2, -0.15) is 13.2 Å². The fraction of sp³-hybridized carbons (Fsp3) is 0.400. The van der Waals surface area contributed by atoms with Gasteiger partial charge in [0, 0.05) is 4.47 Å². The Kier molecular flexibility index (Phi) is 4.76. The lowest BCUT2D eigenvalue weighted by atomic mass is 10.1. The van der Waals surface area contributed by atoms with Gasteiger partial charge in [-0.3, -0.25) is 0 Å². The number of hydrogen-bond donors (Lipinski definition) is 1. The van der Waals surface area contributed by atoms with Crippen molar-refractivity contribution in [3.63, 3.8) is 0 Å². The highest BCUT2D eigenvalue weighted by Crippen LogP contribution is 2.19. The normalized spacial score (nSPS) is 13.8. The molecule has 0 saturated carbocycles. The zero-order chi connectivity index (χ0) is 12.2. The van der Waals surface area contributed by atoms with Crippen LogP contribution in [0.3, 0.4) is 0 Å². The zero-order valence-corrected chi connectivity index (χ0v) is 9.75. The first kappa shape index (κ1) is 13.5. The van der Waals surface area contributed by atoms with E-state index < -0.39 is 18.9 Å². The first-order valence-electron chi connectivity index (χ1n) is 4.46. The predicted molar refractivity (Wildman–Crippen MR) is 56.0 cm³/mol. The third-order valence-corrected chi connectivity index (χ3v) is 2.32. The van der Waals surface area contributed by atoms with Crippen molar-refractivity contribution in [1.29, 1.82) is 0 Å². The van der Waals surface area contributed by atoms with Crippen LogP contribution in [0, 0.1) is 0 Å². The summed E-state index contributed by atoms with van der Waals surface area (Å²) in [6.07, 6.45) is -5.41. The molecule has 2 nitrogen and oxygen atoms in total. The van der Waals surface area contributed by atoms with Crippen molar-refractivity contribution in [2.24, 2.45) is 0 Å². The number of halogens is 4. The smallest absolute Gasteiger partial charge is 0.386 e. The topological polar surface area (TPSA) is 29.5 Å². The molecule has 0 heterocycles. The van der Waals surface area contributed by atoms with E-state index in [9.17, 15) is 18.3 Å². The molecular formula is C10H10BrF3O2. The van der Waals surface area contributed by atoms with Crippen molar-refractivity contribution < 1.29 is 23.0 Å². The summed E-state index contributed by atoms with van der Waals surface area (Å²) in [4.78, 5) is 0. The van der Waals surface area contributed by atoms with Gasteiger partial charge in [-0.1, -0.05) is 28.1 Å². The summed E-state index contributed by atoms with van der Waals surface area (Å²) in [6.45, 7) is -1.72. The molecule has 1 aromatic rings. The largest absolute Gasteiger partial charge is 0.411 e. The first-order valence-corrected chi connectivity index (χ1v) is 5.26. The van der Waals surface area contributed by atoms with Crippen LogP contribution in [-0.2, 0) is 4.74 Å². The highest BCUT2D eigenvalue weighted by atomic mass is 79.9. The number of rotatable bonds is 4. The maximum Gasteiger partial charge on any atom is 0.411 e. The minimum absolute atomic E-state index is 0.374. The van der Waals surface area contributed by atoms with E-state index in [0.29, 0.717) is 5.56 Å². The van der Waals surface area contributed by atoms with Crippen LogP contribution in [0.1, 0.15) is 11.7 Å². The molecule has 0 amide bonds. The molecule has 0 aromatic heterocycles. The highest BCUT2D eigenvalue weighted by Gasteiger charge is 2.27. The molecular weight excluding hydrogens is 289 g/mol. The summed E-state index contributed by atoms with van der Waals surface area (Å²) in [5.41, 5.74) is 0.519. The van der Waals surface area contributed by atoms with Crippen LogP contribution in [0.2, 0.25) is 0 Å². The van der Waals surface area contributed by atoms with Gasteiger partial charge in [0.05, 0.1) is 6.61 Å². The molecule has 1 rings (SSSR count). The van der Waals surface area contributed by atoms with E-state index in [0.717, 1.165) is 4.47 Å².